The van der Waals surface area contributed by atoms with Crippen LogP contribution in [0, 0.1) is 5.82 Å². The summed E-state index contributed by atoms with van der Waals surface area (Å²) in [6.45, 7) is 0. The molecule has 0 bridgehead atoms. The van der Waals surface area contributed by atoms with Crippen LogP contribution >= 0.6 is 0 Å². The molecule has 1 aromatic rings. The van der Waals surface area contributed by atoms with Crippen molar-refractivity contribution < 1.29 is 9.18 Å². The van der Waals surface area contributed by atoms with Crippen LogP contribution in [0.15, 0.2) is 29.8 Å². The van der Waals surface area contributed by atoms with E-state index in [1.165, 1.54) is 12.5 Å². The Morgan fingerprint density at radius 3 is 2.47 bits per heavy atom. The van der Waals surface area contributed by atoms with Gasteiger partial charge in [-0.25, -0.2) is 4.39 Å². The topological polar surface area (TPSA) is 17.1 Å². The molecule has 1 fully saturated rings. The van der Waals surface area contributed by atoms with E-state index in [1.807, 2.05) is 0 Å². The van der Waals surface area contributed by atoms with Crippen molar-refractivity contribution in [1.82, 2.24) is 0 Å². The number of rotatable bonds is 1. The molecule has 0 saturated heterocycles. The van der Waals surface area contributed by atoms with Gasteiger partial charge in [-0.3, -0.25) is 4.79 Å². The van der Waals surface area contributed by atoms with Gasteiger partial charge >= 0.3 is 0 Å². The maximum atomic E-state index is 13.5. The highest BCUT2D eigenvalue weighted by molar-refractivity contribution is 5.99. The number of ketones is 1. The minimum absolute atomic E-state index is 0.188. The molecule has 1 aliphatic rings. The molecule has 0 atom stereocenters. The van der Waals surface area contributed by atoms with E-state index in [2.05, 4.69) is 0 Å². The molecule has 1 aliphatic carbocycles. The van der Waals surface area contributed by atoms with Crippen LogP contribution in [0.25, 0.3) is 6.08 Å². The first kappa shape index (κ1) is 12.0. The van der Waals surface area contributed by atoms with Gasteiger partial charge in [0, 0.05) is 12.0 Å². The highest BCUT2D eigenvalue weighted by Gasteiger charge is 2.12. The number of benzene rings is 1. The summed E-state index contributed by atoms with van der Waals surface area (Å²) in [4.78, 5) is 11.9. The number of hydrogen-bond acceptors (Lipinski definition) is 1. The van der Waals surface area contributed by atoms with E-state index in [1.54, 1.807) is 24.3 Å². The van der Waals surface area contributed by atoms with Crippen LogP contribution in [0.1, 0.15) is 44.1 Å². The summed E-state index contributed by atoms with van der Waals surface area (Å²) in [6.07, 6.45) is 7.43. The third-order valence-electron chi connectivity index (χ3n) is 3.19. The summed E-state index contributed by atoms with van der Waals surface area (Å²) in [5.74, 6) is -0.0668. The van der Waals surface area contributed by atoms with Gasteiger partial charge < -0.3 is 0 Å². The molecule has 0 amide bonds. The lowest BCUT2D eigenvalue weighted by atomic mass is 9.93. The molecular weight excluding hydrogens is 215 g/mol. The van der Waals surface area contributed by atoms with Gasteiger partial charge in [0.15, 0.2) is 5.78 Å². The summed E-state index contributed by atoms with van der Waals surface area (Å²) in [5.41, 5.74) is 1.31. The number of allylic oxidation sites excluding steroid dienone is 1. The molecule has 2 heteroatoms. The maximum Gasteiger partial charge on any atom is 0.158 e. The van der Waals surface area contributed by atoms with Gasteiger partial charge in [-0.05, 0) is 37.0 Å². The van der Waals surface area contributed by atoms with Crippen LogP contribution in [-0.2, 0) is 4.79 Å². The summed E-state index contributed by atoms with van der Waals surface area (Å²) in [7, 11) is 0. The van der Waals surface area contributed by atoms with E-state index in [0.717, 1.165) is 31.3 Å². The van der Waals surface area contributed by atoms with Gasteiger partial charge in [0.2, 0.25) is 0 Å². The summed E-state index contributed by atoms with van der Waals surface area (Å²) in [5, 5.41) is 0. The van der Waals surface area contributed by atoms with E-state index in [9.17, 15) is 9.18 Å². The van der Waals surface area contributed by atoms with E-state index >= 15 is 0 Å². The molecule has 17 heavy (non-hydrogen) atoms. The van der Waals surface area contributed by atoms with Crippen molar-refractivity contribution in [2.45, 2.75) is 38.5 Å². The van der Waals surface area contributed by atoms with Crippen LogP contribution in [0.2, 0.25) is 0 Å². The predicted octanol–water partition coefficient (Wildman–Crippen LogP) is 4.13. The molecule has 0 aliphatic heterocycles. The Morgan fingerprint density at radius 2 is 1.71 bits per heavy atom. The molecule has 1 nitrogen and oxygen atoms in total. The van der Waals surface area contributed by atoms with Crippen molar-refractivity contribution in [1.29, 1.82) is 0 Å². The van der Waals surface area contributed by atoms with Crippen LogP contribution in [0.3, 0.4) is 0 Å². The van der Waals surface area contributed by atoms with E-state index in [0.29, 0.717) is 12.0 Å². The highest BCUT2D eigenvalue weighted by atomic mass is 19.1. The first-order valence-electron chi connectivity index (χ1n) is 6.25. The third kappa shape index (κ3) is 3.26. The SMILES string of the molecule is O=C1CCCCCC/C1=C\c1ccccc1F. The lowest BCUT2D eigenvalue weighted by molar-refractivity contribution is -0.115. The predicted molar refractivity (Wildman–Crippen MR) is 67.1 cm³/mol. The zero-order chi connectivity index (χ0) is 12.1. The van der Waals surface area contributed by atoms with Gasteiger partial charge in [0.25, 0.3) is 0 Å². The zero-order valence-electron chi connectivity index (χ0n) is 9.92. The maximum absolute atomic E-state index is 13.5. The Kier molecular flexibility index (Phi) is 4.08. The van der Waals surface area contributed by atoms with Crippen LogP contribution < -0.4 is 0 Å². The quantitative estimate of drug-likeness (QED) is 0.665. The Morgan fingerprint density at radius 1 is 1.00 bits per heavy atom. The summed E-state index contributed by atoms with van der Waals surface area (Å²) < 4.78 is 13.5. The fourth-order valence-electron chi connectivity index (χ4n) is 2.19. The number of carbonyl (C=O) groups is 1. The molecule has 0 heterocycles. The Labute approximate surface area is 101 Å². The van der Waals surface area contributed by atoms with Gasteiger partial charge in [-0.15, -0.1) is 0 Å². The Balaban J connectivity index is 2.23. The normalized spacial score (nSPS) is 20.1. The molecule has 0 N–H and O–H groups in total. The van der Waals surface area contributed by atoms with Crippen molar-refractivity contribution >= 4 is 11.9 Å². The first-order valence-corrected chi connectivity index (χ1v) is 6.25. The second kappa shape index (κ2) is 5.76. The zero-order valence-corrected chi connectivity index (χ0v) is 9.92. The van der Waals surface area contributed by atoms with Crippen molar-refractivity contribution in [3.05, 3.63) is 41.2 Å². The number of Topliss-reactive ketones (excluding diaryl/α,β-unsaturated/α-hetero) is 1. The minimum Gasteiger partial charge on any atom is -0.295 e. The molecule has 1 saturated carbocycles. The smallest absolute Gasteiger partial charge is 0.158 e. The molecule has 0 unspecified atom stereocenters. The van der Waals surface area contributed by atoms with Crippen molar-refractivity contribution in [3.63, 3.8) is 0 Å². The van der Waals surface area contributed by atoms with Crippen LogP contribution in [0.4, 0.5) is 4.39 Å². The molecule has 1 aromatic carbocycles. The Hall–Kier alpha value is -1.44. The number of halogens is 1. The first-order chi connectivity index (χ1) is 8.27. The lowest BCUT2D eigenvalue weighted by Crippen LogP contribution is -2.05. The number of hydrogen-bond donors (Lipinski definition) is 0. The monoisotopic (exact) mass is 232 g/mol. The van der Waals surface area contributed by atoms with E-state index < -0.39 is 0 Å². The van der Waals surface area contributed by atoms with Crippen molar-refractivity contribution in [2.75, 3.05) is 0 Å². The lowest BCUT2D eigenvalue weighted by Gasteiger charge is -2.11. The molecule has 0 spiro atoms. The molecule has 0 aromatic heterocycles. The van der Waals surface area contributed by atoms with Gasteiger partial charge in [-0.1, -0.05) is 31.0 Å². The van der Waals surface area contributed by atoms with E-state index in [-0.39, 0.29) is 11.6 Å². The highest BCUT2D eigenvalue weighted by Crippen LogP contribution is 2.22. The molecule has 90 valence electrons. The number of carbonyl (C=O) groups excluding carboxylic acids is 1. The van der Waals surface area contributed by atoms with Crippen LogP contribution in [0.5, 0.6) is 0 Å². The fraction of sp³-hybridized carbons (Fsp3) is 0.400. The summed E-state index contributed by atoms with van der Waals surface area (Å²) in [6, 6.07) is 6.61. The molecular formula is C15H17FO. The van der Waals surface area contributed by atoms with Gasteiger partial charge in [0.1, 0.15) is 5.82 Å². The second-order valence-corrected chi connectivity index (χ2v) is 4.53. The average molecular weight is 232 g/mol. The average Bonchev–Trinajstić information content (AvgIpc) is 2.31. The van der Waals surface area contributed by atoms with Crippen molar-refractivity contribution in [2.24, 2.45) is 0 Å². The van der Waals surface area contributed by atoms with Gasteiger partial charge in [-0.2, -0.15) is 0 Å². The van der Waals surface area contributed by atoms with Crippen molar-refractivity contribution in [3.8, 4) is 0 Å². The largest absolute Gasteiger partial charge is 0.295 e. The molecule has 0 radical (unpaired) electrons. The fourth-order valence-corrected chi connectivity index (χ4v) is 2.19. The molecule has 2 rings (SSSR count). The summed E-state index contributed by atoms with van der Waals surface area (Å²) >= 11 is 0. The third-order valence-corrected chi connectivity index (χ3v) is 3.19. The van der Waals surface area contributed by atoms with Crippen LogP contribution in [-0.4, -0.2) is 5.78 Å². The standard InChI is InChI=1S/C15H17FO/c16-14-9-6-5-7-12(14)11-13-8-3-1-2-4-10-15(13)17/h5-7,9,11H,1-4,8,10H2/b13-11+. The minimum atomic E-state index is -0.255. The second-order valence-electron chi connectivity index (χ2n) is 4.53. The van der Waals surface area contributed by atoms with E-state index in [4.69, 9.17) is 0 Å². The Bertz CT molecular complexity index is 434. The van der Waals surface area contributed by atoms with Gasteiger partial charge in [0.05, 0.1) is 0 Å².